The van der Waals surface area contributed by atoms with Gasteiger partial charge >= 0.3 is 11.9 Å². The van der Waals surface area contributed by atoms with Gasteiger partial charge in [-0.25, -0.2) is 0 Å². The third kappa shape index (κ3) is 16.8. The molecule has 0 bridgehead atoms. The first-order chi connectivity index (χ1) is 15.2. The highest BCUT2D eigenvalue weighted by molar-refractivity contribution is 5.83. The van der Waals surface area contributed by atoms with Gasteiger partial charge in [-0.2, -0.15) is 0 Å². The standard InChI is InChI=1S/C19H37N3O10/c1-14(22(9-17(26)27)10-18(28)29)19(30)21-5-4-20-8-15(24)12-31-6-2-3-7-32-13-16(25)11-23/h14-16,20,23-25H,2-13H2,1H3,(H,21,30)(H,26,27)(H,28,29). The van der Waals surface area contributed by atoms with Crippen LogP contribution in [0.25, 0.3) is 0 Å². The molecule has 3 atom stereocenters. The lowest BCUT2D eigenvalue weighted by molar-refractivity contribution is -0.143. The molecule has 7 N–H and O–H groups in total. The summed E-state index contributed by atoms with van der Waals surface area (Å²) in [5, 5.41) is 50.8. The lowest BCUT2D eigenvalue weighted by Crippen LogP contribution is -2.50. The van der Waals surface area contributed by atoms with Crippen LogP contribution in [0.1, 0.15) is 19.8 Å². The molecule has 13 nitrogen and oxygen atoms in total. The zero-order valence-electron chi connectivity index (χ0n) is 18.4. The second-order valence-corrected chi connectivity index (χ2v) is 7.21. The van der Waals surface area contributed by atoms with Crippen LogP contribution in [-0.4, -0.2) is 132 Å². The number of carboxylic acid groups (broad SMARTS) is 2. The topological polar surface area (TPSA) is 198 Å². The molecule has 0 fully saturated rings. The van der Waals surface area contributed by atoms with Crippen molar-refractivity contribution in [2.75, 3.05) is 65.8 Å². The number of rotatable bonds is 21. The van der Waals surface area contributed by atoms with Crippen molar-refractivity contribution >= 4 is 17.8 Å². The maximum atomic E-state index is 12.1. The average molecular weight is 468 g/mol. The van der Waals surface area contributed by atoms with E-state index in [2.05, 4.69) is 10.6 Å². The molecular formula is C19H37N3O10. The highest BCUT2D eigenvalue weighted by atomic mass is 16.5. The van der Waals surface area contributed by atoms with Crippen molar-refractivity contribution in [3.05, 3.63) is 0 Å². The van der Waals surface area contributed by atoms with Crippen molar-refractivity contribution in [3.63, 3.8) is 0 Å². The monoisotopic (exact) mass is 467 g/mol. The molecule has 13 heteroatoms. The Morgan fingerprint density at radius 2 is 1.44 bits per heavy atom. The van der Waals surface area contributed by atoms with Gasteiger partial charge in [0.25, 0.3) is 0 Å². The third-order valence-electron chi connectivity index (χ3n) is 4.24. The van der Waals surface area contributed by atoms with Gasteiger partial charge in [0.15, 0.2) is 0 Å². The van der Waals surface area contributed by atoms with Gasteiger partial charge in [-0.15, -0.1) is 0 Å². The minimum absolute atomic E-state index is 0.0873. The first kappa shape index (κ1) is 30.1. The quantitative estimate of drug-likeness (QED) is 0.0850. The molecular weight excluding hydrogens is 430 g/mol. The molecule has 0 aromatic carbocycles. The van der Waals surface area contributed by atoms with Gasteiger partial charge in [-0.3, -0.25) is 19.3 Å². The fourth-order valence-corrected chi connectivity index (χ4v) is 2.49. The van der Waals surface area contributed by atoms with Gasteiger partial charge in [-0.05, 0) is 19.8 Å². The van der Waals surface area contributed by atoms with Gasteiger partial charge < -0.3 is 45.6 Å². The first-order valence-corrected chi connectivity index (χ1v) is 10.5. The van der Waals surface area contributed by atoms with Crippen LogP contribution >= 0.6 is 0 Å². The Balaban J connectivity index is 3.79. The Kier molecular flexibility index (Phi) is 17.6. The Morgan fingerprint density at radius 3 is 1.94 bits per heavy atom. The Morgan fingerprint density at radius 1 is 0.906 bits per heavy atom. The molecule has 0 saturated heterocycles. The normalized spacial score (nSPS) is 14.2. The number of aliphatic hydroxyl groups is 3. The van der Waals surface area contributed by atoms with Gasteiger partial charge in [0.2, 0.25) is 5.91 Å². The summed E-state index contributed by atoms with van der Waals surface area (Å²) in [4.78, 5) is 34.8. The number of nitrogens with zero attached hydrogens (tertiary/aromatic N) is 1. The number of aliphatic hydroxyl groups excluding tert-OH is 3. The smallest absolute Gasteiger partial charge is 0.317 e. The van der Waals surface area contributed by atoms with E-state index in [1.807, 2.05) is 0 Å². The molecule has 188 valence electrons. The molecule has 3 unspecified atom stereocenters. The number of carbonyl (C=O) groups excluding carboxylic acids is 1. The second-order valence-electron chi connectivity index (χ2n) is 7.21. The summed E-state index contributed by atoms with van der Waals surface area (Å²) < 4.78 is 10.5. The van der Waals surface area contributed by atoms with E-state index in [4.69, 9.17) is 29.9 Å². The van der Waals surface area contributed by atoms with Crippen LogP contribution in [0.15, 0.2) is 0 Å². The maximum Gasteiger partial charge on any atom is 0.317 e. The zero-order chi connectivity index (χ0) is 24.4. The van der Waals surface area contributed by atoms with Crippen molar-refractivity contribution < 1.29 is 49.4 Å². The molecule has 0 rings (SSSR count). The molecule has 0 radical (unpaired) electrons. The summed E-state index contributed by atoms with van der Waals surface area (Å²) in [7, 11) is 0. The summed E-state index contributed by atoms with van der Waals surface area (Å²) in [5.41, 5.74) is 0. The highest BCUT2D eigenvalue weighted by Gasteiger charge is 2.24. The summed E-state index contributed by atoms with van der Waals surface area (Å²) in [6, 6.07) is -0.925. The first-order valence-electron chi connectivity index (χ1n) is 10.5. The van der Waals surface area contributed by atoms with Crippen molar-refractivity contribution in [1.29, 1.82) is 0 Å². The largest absolute Gasteiger partial charge is 0.480 e. The molecule has 0 aromatic heterocycles. The fourth-order valence-electron chi connectivity index (χ4n) is 2.49. The molecule has 0 spiro atoms. The van der Waals surface area contributed by atoms with Crippen LogP contribution in [0.3, 0.4) is 0 Å². The number of nitrogens with one attached hydrogen (secondary N) is 2. The van der Waals surface area contributed by atoms with E-state index in [9.17, 15) is 19.5 Å². The molecule has 0 aromatic rings. The van der Waals surface area contributed by atoms with Gasteiger partial charge in [0.05, 0.1) is 45.1 Å². The molecule has 1 amide bonds. The van der Waals surface area contributed by atoms with Crippen LogP contribution in [0.2, 0.25) is 0 Å². The SMILES string of the molecule is CC(C(=O)NCCNCC(O)COCCCCOCC(O)CO)N(CC(=O)O)CC(=O)O. The minimum atomic E-state index is -1.23. The number of ether oxygens (including phenoxy) is 2. The molecule has 32 heavy (non-hydrogen) atoms. The van der Waals surface area contributed by atoms with E-state index in [1.165, 1.54) is 6.92 Å². The lowest BCUT2D eigenvalue weighted by Gasteiger charge is -2.24. The molecule has 0 heterocycles. The minimum Gasteiger partial charge on any atom is -0.480 e. The molecule has 0 aliphatic rings. The predicted octanol–water partition coefficient (Wildman–Crippen LogP) is -2.92. The van der Waals surface area contributed by atoms with E-state index in [1.54, 1.807) is 0 Å². The fraction of sp³-hybridized carbons (Fsp3) is 0.842. The molecule has 0 aliphatic heterocycles. The van der Waals surface area contributed by atoms with Crippen LogP contribution in [0, 0.1) is 0 Å². The highest BCUT2D eigenvalue weighted by Crippen LogP contribution is 1.99. The zero-order valence-corrected chi connectivity index (χ0v) is 18.4. The Bertz CT molecular complexity index is 521. The second kappa shape index (κ2) is 18.7. The number of amides is 1. The maximum absolute atomic E-state index is 12.1. The van der Waals surface area contributed by atoms with E-state index in [-0.39, 0.29) is 32.9 Å². The van der Waals surface area contributed by atoms with Crippen molar-refractivity contribution in [2.45, 2.75) is 38.0 Å². The lowest BCUT2D eigenvalue weighted by atomic mass is 10.2. The number of hydrogen-bond donors (Lipinski definition) is 7. The van der Waals surface area contributed by atoms with Crippen molar-refractivity contribution in [2.24, 2.45) is 0 Å². The summed E-state index contributed by atoms with van der Waals surface area (Å²) in [6.45, 7) is 1.90. The molecule has 0 aliphatic carbocycles. The van der Waals surface area contributed by atoms with Crippen molar-refractivity contribution in [1.82, 2.24) is 15.5 Å². The van der Waals surface area contributed by atoms with Crippen LogP contribution < -0.4 is 10.6 Å². The number of unbranched alkanes of at least 4 members (excludes halogenated alkanes) is 1. The van der Waals surface area contributed by atoms with E-state index < -0.39 is 49.2 Å². The summed E-state index contributed by atoms with van der Waals surface area (Å²) in [5.74, 6) is -2.95. The number of hydrogen-bond acceptors (Lipinski definition) is 10. The van der Waals surface area contributed by atoms with Crippen LogP contribution in [0.5, 0.6) is 0 Å². The summed E-state index contributed by atoms with van der Waals surface area (Å²) >= 11 is 0. The van der Waals surface area contributed by atoms with E-state index >= 15 is 0 Å². The molecule has 0 saturated carbocycles. The van der Waals surface area contributed by atoms with E-state index in [0.29, 0.717) is 19.8 Å². The van der Waals surface area contributed by atoms with Gasteiger partial charge in [-0.1, -0.05) is 0 Å². The van der Waals surface area contributed by atoms with Crippen LogP contribution in [-0.2, 0) is 23.9 Å². The predicted molar refractivity (Wildman–Crippen MR) is 112 cm³/mol. The number of carbonyl (C=O) groups is 3. The Hall–Kier alpha value is -1.87. The third-order valence-corrected chi connectivity index (χ3v) is 4.24. The Labute approximate surface area is 187 Å². The van der Waals surface area contributed by atoms with Gasteiger partial charge in [0.1, 0.15) is 6.10 Å². The number of aliphatic carboxylic acids is 2. The van der Waals surface area contributed by atoms with E-state index in [0.717, 1.165) is 17.7 Å². The average Bonchev–Trinajstić information content (AvgIpc) is 2.73. The van der Waals surface area contributed by atoms with Gasteiger partial charge in [0, 0.05) is 32.8 Å². The summed E-state index contributed by atoms with van der Waals surface area (Å²) in [6.07, 6.45) is -0.155. The van der Waals surface area contributed by atoms with Crippen LogP contribution in [0.4, 0.5) is 0 Å². The number of carboxylic acids is 2. The van der Waals surface area contributed by atoms with Crippen molar-refractivity contribution in [3.8, 4) is 0 Å².